The molecule has 0 aromatic heterocycles. The van der Waals surface area contributed by atoms with Gasteiger partial charge in [-0.1, -0.05) is 46.9 Å². The van der Waals surface area contributed by atoms with Crippen LogP contribution in [0.25, 0.3) is 0 Å². The minimum Gasteiger partial charge on any atom is -0.489 e. The average Bonchev–Trinajstić information content (AvgIpc) is 2.66. The molecule has 0 radical (unpaired) electrons. The minimum atomic E-state index is -0.787. The molecule has 1 aliphatic rings. The van der Waals surface area contributed by atoms with Crippen molar-refractivity contribution in [2.24, 2.45) is 0 Å². The Labute approximate surface area is 178 Å². The lowest BCUT2D eigenvalue weighted by molar-refractivity contribution is -0.137. The SMILES string of the molecule is O=C(O)CCN1CCOC(c2ccc(OCc3c(Cl)cc(Cl)cc3Cl)cc2)C1. The Balaban J connectivity index is 1.58. The smallest absolute Gasteiger partial charge is 0.304 e. The fourth-order valence-electron chi connectivity index (χ4n) is 3.01. The molecular weight excluding hydrogens is 425 g/mol. The Kier molecular flexibility index (Phi) is 7.43. The zero-order chi connectivity index (χ0) is 20.1. The Morgan fingerprint density at radius 3 is 2.50 bits per heavy atom. The van der Waals surface area contributed by atoms with E-state index in [0.29, 0.717) is 46.1 Å². The number of halogens is 3. The Hall–Kier alpha value is -1.50. The van der Waals surface area contributed by atoms with Crippen molar-refractivity contribution in [2.45, 2.75) is 19.1 Å². The molecule has 1 aliphatic heterocycles. The molecule has 5 nitrogen and oxygen atoms in total. The maximum Gasteiger partial charge on any atom is 0.304 e. The van der Waals surface area contributed by atoms with Crippen LogP contribution in [0.15, 0.2) is 36.4 Å². The lowest BCUT2D eigenvalue weighted by atomic mass is 10.1. The van der Waals surface area contributed by atoms with E-state index in [1.807, 2.05) is 24.3 Å². The standard InChI is InChI=1S/C20H20Cl3NO4/c21-14-9-17(22)16(18(23)10-14)12-28-15-3-1-13(2-4-15)19-11-24(7-8-27-19)6-5-20(25)26/h1-4,9-10,19H,5-8,11-12H2,(H,25,26). The van der Waals surface area contributed by atoms with Crippen LogP contribution in [-0.4, -0.2) is 42.2 Å². The number of morpholine rings is 1. The highest BCUT2D eigenvalue weighted by Gasteiger charge is 2.22. The molecule has 0 amide bonds. The number of carboxylic acids is 1. The summed E-state index contributed by atoms with van der Waals surface area (Å²) in [6.07, 6.45) is 0.0479. The summed E-state index contributed by atoms with van der Waals surface area (Å²) < 4.78 is 11.6. The number of benzene rings is 2. The van der Waals surface area contributed by atoms with E-state index < -0.39 is 5.97 Å². The number of rotatable bonds is 7. The molecule has 2 aromatic rings. The third-order valence-electron chi connectivity index (χ3n) is 4.53. The van der Waals surface area contributed by atoms with Crippen LogP contribution in [0, 0.1) is 0 Å². The van der Waals surface area contributed by atoms with Gasteiger partial charge in [0, 0.05) is 30.2 Å². The highest BCUT2D eigenvalue weighted by Crippen LogP contribution is 2.30. The van der Waals surface area contributed by atoms with E-state index in [9.17, 15) is 4.79 Å². The zero-order valence-corrected chi connectivity index (χ0v) is 17.3. The first-order chi connectivity index (χ1) is 13.4. The highest BCUT2D eigenvalue weighted by atomic mass is 35.5. The Bertz CT molecular complexity index is 806. The second kappa shape index (κ2) is 9.81. The first-order valence-electron chi connectivity index (χ1n) is 8.84. The number of hydrogen-bond acceptors (Lipinski definition) is 4. The molecule has 0 aliphatic carbocycles. The van der Waals surface area contributed by atoms with E-state index in [1.54, 1.807) is 12.1 Å². The summed E-state index contributed by atoms with van der Waals surface area (Å²) in [6, 6.07) is 10.9. The molecule has 0 bridgehead atoms. The van der Waals surface area contributed by atoms with Gasteiger partial charge in [-0.25, -0.2) is 0 Å². The molecule has 8 heteroatoms. The number of ether oxygens (including phenoxy) is 2. The summed E-state index contributed by atoms with van der Waals surface area (Å²) in [4.78, 5) is 12.9. The average molecular weight is 445 g/mol. The monoisotopic (exact) mass is 443 g/mol. The van der Waals surface area contributed by atoms with E-state index >= 15 is 0 Å². The van der Waals surface area contributed by atoms with Gasteiger partial charge >= 0.3 is 5.97 Å². The molecule has 0 spiro atoms. The summed E-state index contributed by atoms with van der Waals surface area (Å²) in [7, 11) is 0. The van der Waals surface area contributed by atoms with Crippen LogP contribution >= 0.6 is 34.8 Å². The summed E-state index contributed by atoms with van der Waals surface area (Å²) in [6.45, 7) is 2.75. The van der Waals surface area contributed by atoms with E-state index in [0.717, 1.165) is 12.1 Å². The van der Waals surface area contributed by atoms with Crippen molar-refractivity contribution in [3.05, 3.63) is 62.6 Å². The molecule has 1 saturated heterocycles. The maximum atomic E-state index is 10.8. The van der Waals surface area contributed by atoms with Crippen LogP contribution in [0.2, 0.25) is 15.1 Å². The molecule has 1 N–H and O–H groups in total. The Morgan fingerprint density at radius 1 is 1.18 bits per heavy atom. The number of carbonyl (C=O) groups is 1. The summed E-state index contributed by atoms with van der Waals surface area (Å²) >= 11 is 18.3. The van der Waals surface area contributed by atoms with Gasteiger partial charge in [-0.05, 0) is 29.8 Å². The van der Waals surface area contributed by atoms with Gasteiger partial charge in [-0.3, -0.25) is 9.69 Å². The van der Waals surface area contributed by atoms with Gasteiger partial charge in [0.2, 0.25) is 0 Å². The third-order valence-corrected chi connectivity index (χ3v) is 5.43. The Morgan fingerprint density at radius 2 is 1.86 bits per heavy atom. The van der Waals surface area contributed by atoms with E-state index in [4.69, 9.17) is 49.4 Å². The molecule has 0 saturated carbocycles. The quantitative estimate of drug-likeness (QED) is 0.646. The maximum absolute atomic E-state index is 10.8. The van der Waals surface area contributed by atoms with E-state index in [1.165, 1.54) is 0 Å². The molecule has 1 atom stereocenters. The summed E-state index contributed by atoms with van der Waals surface area (Å²) in [5, 5.41) is 10.3. The first kappa shape index (κ1) is 21.2. The minimum absolute atomic E-state index is 0.0863. The van der Waals surface area contributed by atoms with Crippen molar-refractivity contribution >= 4 is 40.8 Å². The van der Waals surface area contributed by atoms with Gasteiger partial charge in [0.15, 0.2) is 0 Å². The van der Waals surface area contributed by atoms with Crippen molar-refractivity contribution in [2.75, 3.05) is 26.2 Å². The van der Waals surface area contributed by atoms with Crippen LogP contribution in [0.4, 0.5) is 0 Å². The van der Waals surface area contributed by atoms with Gasteiger partial charge in [0.25, 0.3) is 0 Å². The van der Waals surface area contributed by atoms with Crippen molar-refractivity contribution in [1.29, 1.82) is 0 Å². The lowest BCUT2D eigenvalue weighted by Gasteiger charge is -2.32. The molecule has 28 heavy (non-hydrogen) atoms. The van der Waals surface area contributed by atoms with Crippen molar-refractivity contribution in [3.8, 4) is 5.75 Å². The van der Waals surface area contributed by atoms with Crippen LogP contribution < -0.4 is 4.74 Å². The predicted molar refractivity (Wildman–Crippen MR) is 110 cm³/mol. The molecule has 3 rings (SSSR count). The van der Waals surface area contributed by atoms with Gasteiger partial charge < -0.3 is 14.6 Å². The van der Waals surface area contributed by atoms with Gasteiger partial charge in [-0.2, -0.15) is 0 Å². The van der Waals surface area contributed by atoms with Crippen LogP contribution in [0.1, 0.15) is 23.7 Å². The molecular formula is C20H20Cl3NO4. The van der Waals surface area contributed by atoms with Crippen molar-refractivity contribution in [1.82, 2.24) is 4.90 Å². The fourth-order valence-corrected chi connectivity index (χ4v) is 3.93. The summed E-state index contributed by atoms with van der Waals surface area (Å²) in [5.41, 5.74) is 1.71. The van der Waals surface area contributed by atoms with Gasteiger partial charge in [-0.15, -0.1) is 0 Å². The molecule has 1 unspecified atom stereocenters. The molecule has 2 aromatic carbocycles. The summed E-state index contributed by atoms with van der Waals surface area (Å²) in [5.74, 6) is -0.102. The second-order valence-corrected chi connectivity index (χ2v) is 7.76. The highest BCUT2D eigenvalue weighted by molar-refractivity contribution is 6.39. The van der Waals surface area contributed by atoms with E-state index in [2.05, 4.69) is 4.90 Å². The molecule has 1 fully saturated rings. The number of nitrogens with zero attached hydrogens (tertiary/aromatic N) is 1. The number of aliphatic carboxylic acids is 1. The fraction of sp³-hybridized carbons (Fsp3) is 0.350. The third kappa shape index (κ3) is 5.75. The van der Waals surface area contributed by atoms with Crippen molar-refractivity contribution in [3.63, 3.8) is 0 Å². The first-order valence-corrected chi connectivity index (χ1v) is 9.97. The van der Waals surface area contributed by atoms with Gasteiger partial charge in [0.1, 0.15) is 12.4 Å². The predicted octanol–water partition coefficient (Wildman–Crippen LogP) is 5.07. The molecule has 150 valence electrons. The molecule has 1 heterocycles. The van der Waals surface area contributed by atoms with Crippen molar-refractivity contribution < 1.29 is 19.4 Å². The lowest BCUT2D eigenvalue weighted by Crippen LogP contribution is -2.39. The normalized spacial score (nSPS) is 17.5. The van der Waals surface area contributed by atoms with Gasteiger partial charge in [0.05, 0.1) is 29.2 Å². The van der Waals surface area contributed by atoms with E-state index in [-0.39, 0.29) is 19.1 Å². The number of hydrogen-bond donors (Lipinski definition) is 1. The number of carboxylic acid groups (broad SMARTS) is 1. The zero-order valence-electron chi connectivity index (χ0n) is 15.0. The second-order valence-electron chi connectivity index (χ2n) is 6.51. The van der Waals surface area contributed by atoms with Crippen LogP contribution in [0.5, 0.6) is 5.75 Å². The largest absolute Gasteiger partial charge is 0.489 e. The van der Waals surface area contributed by atoms with Crippen LogP contribution in [0.3, 0.4) is 0 Å². The topological polar surface area (TPSA) is 59.0 Å². The van der Waals surface area contributed by atoms with Crippen LogP contribution in [-0.2, 0) is 16.1 Å².